The Morgan fingerprint density at radius 3 is 2.29 bits per heavy atom. The van der Waals surface area contributed by atoms with E-state index in [0.29, 0.717) is 0 Å². The SMILES string of the molecule is Cc1ccc2c3c(cccc13)-c1nccnc1-2. The predicted octanol–water partition coefficient (Wildman–Crippen LogP) is 3.59. The van der Waals surface area contributed by atoms with E-state index in [9.17, 15) is 0 Å². The van der Waals surface area contributed by atoms with Crippen molar-refractivity contribution in [1.29, 1.82) is 0 Å². The third-order valence-corrected chi connectivity index (χ3v) is 3.47. The van der Waals surface area contributed by atoms with Gasteiger partial charge in [-0.05, 0) is 17.9 Å². The number of hydrogen-bond acceptors (Lipinski definition) is 2. The van der Waals surface area contributed by atoms with Gasteiger partial charge in [-0.2, -0.15) is 0 Å². The lowest BCUT2D eigenvalue weighted by Gasteiger charge is -2.04. The predicted molar refractivity (Wildman–Crippen MR) is 68.7 cm³/mol. The van der Waals surface area contributed by atoms with Crippen LogP contribution in [0.4, 0.5) is 0 Å². The van der Waals surface area contributed by atoms with E-state index in [1.165, 1.54) is 27.5 Å². The highest BCUT2D eigenvalue weighted by Crippen LogP contribution is 2.45. The van der Waals surface area contributed by atoms with Crippen molar-refractivity contribution in [1.82, 2.24) is 9.97 Å². The van der Waals surface area contributed by atoms with Crippen LogP contribution >= 0.6 is 0 Å². The van der Waals surface area contributed by atoms with Crippen LogP contribution in [0.5, 0.6) is 0 Å². The van der Waals surface area contributed by atoms with Crippen LogP contribution in [0.15, 0.2) is 42.7 Å². The molecule has 2 nitrogen and oxygen atoms in total. The summed E-state index contributed by atoms with van der Waals surface area (Å²) in [7, 11) is 0. The first-order valence-electron chi connectivity index (χ1n) is 5.70. The van der Waals surface area contributed by atoms with Gasteiger partial charge in [0.2, 0.25) is 0 Å². The summed E-state index contributed by atoms with van der Waals surface area (Å²) in [4.78, 5) is 8.93. The van der Waals surface area contributed by atoms with Gasteiger partial charge in [0.05, 0.1) is 11.4 Å². The molecular weight excluding hydrogens is 208 g/mol. The molecule has 0 aliphatic heterocycles. The molecule has 0 atom stereocenters. The van der Waals surface area contributed by atoms with Crippen LogP contribution in [0, 0.1) is 6.92 Å². The van der Waals surface area contributed by atoms with Crippen molar-refractivity contribution in [2.24, 2.45) is 0 Å². The topological polar surface area (TPSA) is 25.8 Å². The zero-order valence-corrected chi connectivity index (χ0v) is 9.44. The summed E-state index contributed by atoms with van der Waals surface area (Å²) in [6, 6.07) is 10.7. The fourth-order valence-corrected chi connectivity index (χ4v) is 2.68. The molecule has 1 aromatic heterocycles. The summed E-state index contributed by atoms with van der Waals surface area (Å²) in [6.07, 6.45) is 3.52. The van der Waals surface area contributed by atoms with E-state index in [-0.39, 0.29) is 0 Å². The Balaban J connectivity index is 2.30. The number of fused-ring (bicyclic) bond motifs is 3. The van der Waals surface area contributed by atoms with Crippen molar-refractivity contribution in [3.63, 3.8) is 0 Å². The van der Waals surface area contributed by atoms with Crippen LogP contribution in [0.25, 0.3) is 33.3 Å². The van der Waals surface area contributed by atoms with Crippen LogP contribution in [0.2, 0.25) is 0 Å². The van der Waals surface area contributed by atoms with Crippen LogP contribution < -0.4 is 0 Å². The average molecular weight is 218 g/mol. The first-order chi connectivity index (χ1) is 8.36. The van der Waals surface area contributed by atoms with E-state index in [2.05, 4.69) is 47.2 Å². The quantitative estimate of drug-likeness (QED) is 0.451. The van der Waals surface area contributed by atoms with Crippen LogP contribution in [0.1, 0.15) is 5.56 Å². The molecule has 1 aliphatic carbocycles. The zero-order chi connectivity index (χ0) is 11.4. The van der Waals surface area contributed by atoms with Crippen molar-refractivity contribution in [2.45, 2.75) is 6.92 Å². The molecule has 0 bridgehead atoms. The molecule has 0 radical (unpaired) electrons. The highest BCUT2D eigenvalue weighted by atomic mass is 14.8. The van der Waals surface area contributed by atoms with Crippen molar-refractivity contribution in [3.8, 4) is 22.5 Å². The molecule has 0 fully saturated rings. The molecule has 0 spiro atoms. The number of rotatable bonds is 0. The van der Waals surface area contributed by atoms with Gasteiger partial charge in [0.25, 0.3) is 0 Å². The van der Waals surface area contributed by atoms with E-state index in [1.807, 2.05) is 0 Å². The minimum absolute atomic E-state index is 1.01. The Kier molecular flexibility index (Phi) is 1.52. The summed E-state index contributed by atoms with van der Waals surface area (Å²) >= 11 is 0. The molecule has 0 unspecified atom stereocenters. The van der Waals surface area contributed by atoms with Gasteiger partial charge in [0.15, 0.2) is 0 Å². The first-order valence-corrected chi connectivity index (χ1v) is 5.70. The molecular formula is C15H10N2. The van der Waals surface area contributed by atoms with Crippen LogP contribution in [-0.4, -0.2) is 9.97 Å². The van der Waals surface area contributed by atoms with Gasteiger partial charge in [-0.1, -0.05) is 30.3 Å². The van der Waals surface area contributed by atoms with Crippen molar-refractivity contribution >= 4 is 10.8 Å². The summed E-state index contributed by atoms with van der Waals surface area (Å²) in [6.45, 7) is 2.15. The van der Waals surface area contributed by atoms with Gasteiger partial charge in [-0.25, -0.2) is 0 Å². The Bertz CT molecular complexity index is 731. The second-order valence-electron chi connectivity index (χ2n) is 4.41. The summed E-state index contributed by atoms with van der Waals surface area (Å²) in [5.74, 6) is 0. The monoisotopic (exact) mass is 218 g/mol. The maximum atomic E-state index is 4.47. The highest BCUT2D eigenvalue weighted by Gasteiger charge is 2.23. The molecule has 2 aromatic carbocycles. The van der Waals surface area contributed by atoms with E-state index in [0.717, 1.165) is 11.4 Å². The minimum atomic E-state index is 1.01. The van der Waals surface area contributed by atoms with Gasteiger partial charge < -0.3 is 0 Å². The number of hydrogen-bond donors (Lipinski definition) is 0. The Labute approximate surface area is 99.0 Å². The Hall–Kier alpha value is -2.22. The third-order valence-electron chi connectivity index (χ3n) is 3.47. The van der Waals surface area contributed by atoms with Gasteiger partial charge in [0.1, 0.15) is 0 Å². The smallest absolute Gasteiger partial charge is 0.0971 e. The molecule has 3 aromatic rings. The molecule has 1 heterocycles. The van der Waals surface area contributed by atoms with Crippen molar-refractivity contribution < 1.29 is 0 Å². The van der Waals surface area contributed by atoms with Gasteiger partial charge in [-0.3, -0.25) is 9.97 Å². The lowest BCUT2D eigenvalue weighted by molar-refractivity contribution is 1.23. The highest BCUT2D eigenvalue weighted by molar-refractivity contribution is 6.14. The summed E-state index contributed by atoms with van der Waals surface area (Å²) in [5, 5.41) is 2.61. The second kappa shape index (κ2) is 2.92. The molecule has 80 valence electrons. The number of aromatic nitrogens is 2. The van der Waals surface area contributed by atoms with Crippen molar-refractivity contribution in [2.75, 3.05) is 0 Å². The minimum Gasteiger partial charge on any atom is -0.252 e. The molecule has 2 heteroatoms. The molecule has 1 aliphatic rings. The largest absolute Gasteiger partial charge is 0.252 e. The van der Waals surface area contributed by atoms with Gasteiger partial charge in [-0.15, -0.1) is 0 Å². The number of nitrogens with zero attached hydrogens (tertiary/aromatic N) is 2. The molecule has 17 heavy (non-hydrogen) atoms. The van der Waals surface area contributed by atoms with Crippen molar-refractivity contribution in [3.05, 3.63) is 48.3 Å². The lowest BCUT2D eigenvalue weighted by atomic mass is 10.0. The zero-order valence-electron chi connectivity index (χ0n) is 9.44. The Morgan fingerprint density at radius 1 is 0.824 bits per heavy atom. The van der Waals surface area contributed by atoms with E-state index >= 15 is 0 Å². The number of benzene rings is 2. The maximum absolute atomic E-state index is 4.47. The molecule has 4 rings (SSSR count). The van der Waals surface area contributed by atoms with E-state index in [4.69, 9.17) is 0 Å². The normalized spacial score (nSPS) is 11.8. The molecule has 0 saturated heterocycles. The maximum Gasteiger partial charge on any atom is 0.0971 e. The van der Waals surface area contributed by atoms with Crippen LogP contribution in [0.3, 0.4) is 0 Å². The fraction of sp³-hybridized carbons (Fsp3) is 0.0667. The third kappa shape index (κ3) is 0.998. The molecule has 0 N–H and O–H groups in total. The standard InChI is InChI=1S/C15H10N2/c1-9-5-6-12-13-10(9)3-2-4-11(13)14-15(12)17-8-7-16-14/h2-8H,1H3. The number of aryl methyl sites for hydroxylation is 1. The van der Waals surface area contributed by atoms with Gasteiger partial charge in [0, 0.05) is 28.9 Å². The second-order valence-corrected chi connectivity index (χ2v) is 4.41. The lowest BCUT2D eigenvalue weighted by Crippen LogP contribution is -1.84. The first kappa shape index (κ1) is 8.88. The molecule has 0 saturated carbocycles. The summed E-state index contributed by atoms with van der Waals surface area (Å²) < 4.78 is 0. The molecule has 0 amide bonds. The van der Waals surface area contributed by atoms with Crippen LogP contribution in [-0.2, 0) is 0 Å². The average Bonchev–Trinajstić information content (AvgIpc) is 2.70. The summed E-state index contributed by atoms with van der Waals surface area (Å²) in [5.41, 5.74) is 5.75. The Morgan fingerprint density at radius 2 is 1.53 bits per heavy atom. The van der Waals surface area contributed by atoms with E-state index < -0.39 is 0 Å². The fourth-order valence-electron chi connectivity index (χ4n) is 2.68. The van der Waals surface area contributed by atoms with Gasteiger partial charge >= 0.3 is 0 Å². The van der Waals surface area contributed by atoms with E-state index in [1.54, 1.807) is 12.4 Å².